The summed E-state index contributed by atoms with van der Waals surface area (Å²) in [6.45, 7) is 4.27. The summed E-state index contributed by atoms with van der Waals surface area (Å²) in [5.74, 6) is -0.323. The van der Waals surface area contributed by atoms with Crippen molar-refractivity contribution in [1.29, 1.82) is 0 Å². The summed E-state index contributed by atoms with van der Waals surface area (Å²) < 4.78 is 13.0. The van der Waals surface area contributed by atoms with Crippen molar-refractivity contribution in [1.82, 2.24) is 15.6 Å². The fraction of sp³-hybridized carbons (Fsp3) is 0.333. The predicted molar refractivity (Wildman–Crippen MR) is 94.0 cm³/mol. The van der Waals surface area contributed by atoms with Crippen molar-refractivity contribution in [2.45, 2.75) is 19.8 Å². The Bertz CT molecular complexity index is 752. The van der Waals surface area contributed by atoms with Crippen LogP contribution in [0.5, 0.6) is 0 Å². The molecule has 1 amide bonds. The van der Waals surface area contributed by atoms with E-state index in [1.54, 1.807) is 12.1 Å². The lowest BCUT2D eigenvalue weighted by molar-refractivity contribution is 0.0960. The number of rotatable bonds is 5. The lowest BCUT2D eigenvalue weighted by Crippen LogP contribution is -2.29. The van der Waals surface area contributed by atoms with Crippen LogP contribution in [-0.2, 0) is 6.42 Å². The minimum Gasteiger partial charge on any atom is -0.348 e. The highest BCUT2D eigenvalue weighted by molar-refractivity contribution is 7.13. The van der Waals surface area contributed by atoms with Crippen LogP contribution in [0.25, 0.3) is 0 Å². The fourth-order valence-electron chi connectivity index (χ4n) is 2.62. The molecule has 0 unspecified atom stereocenters. The number of benzene rings is 1. The standard InChI is InChI=1S/C18H20FN3OS/c1-12-17(18(23)21-11-14-6-8-20-9-7-14)24-16(22-12)10-13-2-4-15(19)5-3-13/h2-6,20H,7-11H2,1H3,(H,21,23). The van der Waals surface area contributed by atoms with E-state index in [0.29, 0.717) is 17.8 Å². The molecule has 0 spiro atoms. The molecule has 0 saturated carbocycles. The first-order valence-electron chi connectivity index (χ1n) is 7.99. The van der Waals surface area contributed by atoms with Gasteiger partial charge in [-0.3, -0.25) is 4.79 Å². The third-order valence-electron chi connectivity index (χ3n) is 3.95. The van der Waals surface area contributed by atoms with E-state index < -0.39 is 0 Å². The average Bonchev–Trinajstić information content (AvgIpc) is 2.96. The van der Waals surface area contributed by atoms with E-state index in [-0.39, 0.29) is 11.7 Å². The minimum atomic E-state index is -0.249. The Morgan fingerprint density at radius 1 is 1.38 bits per heavy atom. The van der Waals surface area contributed by atoms with Crippen molar-refractivity contribution >= 4 is 17.2 Å². The largest absolute Gasteiger partial charge is 0.348 e. The molecule has 1 aromatic heterocycles. The number of halogens is 1. The molecule has 0 atom stereocenters. The molecule has 126 valence electrons. The van der Waals surface area contributed by atoms with E-state index in [1.165, 1.54) is 29.0 Å². The van der Waals surface area contributed by atoms with E-state index in [2.05, 4.69) is 21.7 Å². The second kappa shape index (κ2) is 7.68. The zero-order valence-electron chi connectivity index (χ0n) is 13.6. The summed E-state index contributed by atoms with van der Waals surface area (Å²) in [4.78, 5) is 17.5. The Morgan fingerprint density at radius 2 is 2.17 bits per heavy atom. The molecule has 1 aliphatic rings. The lowest BCUT2D eigenvalue weighted by atomic mass is 10.1. The van der Waals surface area contributed by atoms with Crippen LogP contribution in [0.15, 0.2) is 35.9 Å². The topological polar surface area (TPSA) is 54.0 Å². The second-order valence-electron chi connectivity index (χ2n) is 5.82. The number of aromatic nitrogens is 1. The minimum absolute atomic E-state index is 0.0743. The third kappa shape index (κ3) is 4.27. The quantitative estimate of drug-likeness (QED) is 0.820. The Morgan fingerprint density at radius 3 is 2.88 bits per heavy atom. The van der Waals surface area contributed by atoms with Gasteiger partial charge in [-0.25, -0.2) is 9.37 Å². The molecule has 4 nitrogen and oxygen atoms in total. The van der Waals surface area contributed by atoms with Gasteiger partial charge in [0.05, 0.1) is 10.7 Å². The van der Waals surface area contributed by atoms with E-state index in [0.717, 1.165) is 35.8 Å². The van der Waals surface area contributed by atoms with Crippen LogP contribution in [0.3, 0.4) is 0 Å². The van der Waals surface area contributed by atoms with Crippen LogP contribution >= 0.6 is 11.3 Å². The Balaban J connectivity index is 1.63. The number of thiazole rings is 1. The summed E-state index contributed by atoms with van der Waals surface area (Å²) in [6.07, 6.45) is 3.71. The molecule has 0 aliphatic carbocycles. The van der Waals surface area contributed by atoms with Crippen LogP contribution in [0.4, 0.5) is 4.39 Å². The summed E-state index contributed by atoms with van der Waals surface area (Å²) in [5.41, 5.74) is 2.99. The van der Waals surface area contributed by atoms with Crippen molar-refractivity contribution < 1.29 is 9.18 Å². The second-order valence-corrected chi connectivity index (χ2v) is 6.91. The van der Waals surface area contributed by atoms with Gasteiger partial charge in [0.25, 0.3) is 5.91 Å². The summed E-state index contributed by atoms with van der Waals surface area (Å²) in [7, 11) is 0. The summed E-state index contributed by atoms with van der Waals surface area (Å²) in [5, 5.41) is 7.10. The molecule has 2 N–H and O–H groups in total. The molecule has 2 aromatic rings. The lowest BCUT2D eigenvalue weighted by Gasteiger charge is -2.14. The number of carbonyl (C=O) groups excluding carboxylic acids is 1. The number of nitrogens with one attached hydrogen (secondary N) is 2. The van der Waals surface area contributed by atoms with Gasteiger partial charge in [-0.2, -0.15) is 0 Å². The first kappa shape index (κ1) is 16.8. The zero-order chi connectivity index (χ0) is 16.9. The van der Waals surface area contributed by atoms with Gasteiger partial charge in [-0.05, 0) is 37.6 Å². The first-order valence-corrected chi connectivity index (χ1v) is 8.81. The number of amides is 1. The van der Waals surface area contributed by atoms with E-state index in [9.17, 15) is 9.18 Å². The zero-order valence-corrected chi connectivity index (χ0v) is 14.4. The number of hydrogen-bond donors (Lipinski definition) is 2. The maximum atomic E-state index is 13.0. The summed E-state index contributed by atoms with van der Waals surface area (Å²) >= 11 is 1.40. The maximum Gasteiger partial charge on any atom is 0.263 e. The van der Waals surface area contributed by atoms with Crippen molar-refractivity contribution in [2.24, 2.45) is 0 Å². The van der Waals surface area contributed by atoms with Crippen LogP contribution < -0.4 is 10.6 Å². The third-order valence-corrected chi connectivity index (χ3v) is 5.11. The molecule has 24 heavy (non-hydrogen) atoms. The average molecular weight is 345 g/mol. The molecular weight excluding hydrogens is 325 g/mol. The number of hydrogen-bond acceptors (Lipinski definition) is 4. The van der Waals surface area contributed by atoms with Crippen LogP contribution in [0.1, 0.15) is 32.4 Å². The highest BCUT2D eigenvalue weighted by Gasteiger charge is 2.16. The van der Waals surface area contributed by atoms with Crippen LogP contribution in [0, 0.1) is 12.7 Å². The van der Waals surface area contributed by atoms with Gasteiger partial charge in [0.1, 0.15) is 10.7 Å². The van der Waals surface area contributed by atoms with Crippen molar-refractivity contribution in [3.8, 4) is 0 Å². The Hall–Kier alpha value is -2.05. The molecule has 0 saturated heterocycles. The van der Waals surface area contributed by atoms with E-state index in [4.69, 9.17) is 0 Å². The van der Waals surface area contributed by atoms with Gasteiger partial charge < -0.3 is 10.6 Å². The van der Waals surface area contributed by atoms with Gasteiger partial charge in [-0.1, -0.05) is 23.8 Å². The normalized spacial score (nSPS) is 14.3. The number of nitrogens with zero attached hydrogens (tertiary/aromatic N) is 1. The molecule has 0 radical (unpaired) electrons. The first-order chi connectivity index (χ1) is 11.6. The molecule has 2 heterocycles. The molecule has 3 rings (SSSR count). The molecule has 1 aromatic carbocycles. The van der Waals surface area contributed by atoms with E-state index in [1.807, 2.05) is 6.92 Å². The predicted octanol–water partition coefficient (Wildman–Crippen LogP) is 2.83. The van der Waals surface area contributed by atoms with Crippen molar-refractivity contribution in [3.05, 3.63) is 62.9 Å². The van der Waals surface area contributed by atoms with Gasteiger partial charge in [-0.15, -0.1) is 11.3 Å². The number of aryl methyl sites for hydroxylation is 1. The molecule has 0 bridgehead atoms. The SMILES string of the molecule is Cc1nc(Cc2ccc(F)cc2)sc1C(=O)NCC1=CCNCC1. The smallest absolute Gasteiger partial charge is 0.263 e. The monoisotopic (exact) mass is 345 g/mol. The van der Waals surface area contributed by atoms with Gasteiger partial charge in [0, 0.05) is 19.5 Å². The van der Waals surface area contributed by atoms with Gasteiger partial charge in [0.2, 0.25) is 0 Å². The van der Waals surface area contributed by atoms with Crippen LogP contribution in [0.2, 0.25) is 0 Å². The van der Waals surface area contributed by atoms with Crippen molar-refractivity contribution in [3.63, 3.8) is 0 Å². The Labute approximate surface area is 144 Å². The summed E-state index contributed by atoms with van der Waals surface area (Å²) in [6, 6.07) is 6.37. The number of carbonyl (C=O) groups is 1. The van der Waals surface area contributed by atoms with Crippen LogP contribution in [-0.4, -0.2) is 30.5 Å². The Kier molecular flexibility index (Phi) is 5.37. The molecule has 1 aliphatic heterocycles. The highest BCUT2D eigenvalue weighted by Crippen LogP contribution is 2.21. The molecule has 6 heteroatoms. The van der Waals surface area contributed by atoms with Gasteiger partial charge >= 0.3 is 0 Å². The molecular formula is C18H20FN3OS. The molecule has 0 fully saturated rings. The fourth-order valence-corrected chi connectivity index (χ4v) is 3.63. The highest BCUT2D eigenvalue weighted by atomic mass is 32.1. The van der Waals surface area contributed by atoms with E-state index >= 15 is 0 Å². The van der Waals surface area contributed by atoms with Gasteiger partial charge in [0.15, 0.2) is 0 Å². The maximum absolute atomic E-state index is 13.0. The van der Waals surface area contributed by atoms with Crippen molar-refractivity contribution in [2.75, 3.05) is 19.6 Å².